The van der Waals surface area contributed by atoms with E-state index in [2.05, 4.69) is 15.7 Å². The summed E-state index contributed by atoms with van der Waals surface area (Å²) in [5.41, 5.74) is 2.87. The van der Waals surface area contributed by atoms with Gasteiger partial charge in [-0.05, 0) is 55.0 Å². The Bertz CT molecular complexity index is 1300. The Labute approximate surface area is 192 Å². The molecule has 158 valence electrons. The first-order chi connectivity index (χ1) is 14.9. The molecule has 2 heterocycles. The number of hydrogen-bond acceptors (Lipinski definition) is 4. The number of anilines is 1. The number of rotatable bonds is 5. The summed E-state index contributed by atoms with van der Waals surface area (Å²) in [6.07, 6.45) is 0. The second-order valence-corrected chi connectivity index (χ2v) is 8.79. The largest absolute Gasteiger partial charge is 0.355 e. The van der Waals surface area contributed by atoms with Crippen molar-refractivity contribution in [1.29, 1.82) is 0 Å². The minimum atomic E-state index is -0.218. The minimum Gasteiger partial charge on any atom is -0.355 e. The van der Waals surface area contributed by atoms with Crippen LogP contribution in [0.5, 0.6) is 0 Å². The zero-order valence-electron chi connectivity index (χ0n) is 16.7. The molecule has 0 bridgehead atoms. The van der Waals surface area contributed by atoms with Crippen molar-refractivity contribution in [2.45, 2.75) is 13.5 Å². The molecule has 0 fully saturated rings. The molecule has 0 unspecified atom stereocenters. The second-order valence-electron chi connectivity index (χ2n) is 6.92. The van der Waals surface area contributed by atoms with Crippen LogP contribution < -0.4 is 10.6 Å². The van der Waals surface area contributed by atoms with Gasteiger partial charge >= 0.3 is 0 Å². The van der Waals surface area contributed by atoms with Gasteiger partial charge in [0.25, 0.3) is 11.8 Å². The average molecular weight is 473 g/mol. The van der Waals surface area contributed by atoms with E-state index < -0.39 is 0 Å². The van der Waals surface area contributed by atoms with Gasteiger partial charge in [-0.25, -0.2) is 0 Å². The third-order valence-electron chi connectivity index (χ3n) is 4.80. The van der Waals surface area contributed by atoms with E-state index in [1.807, 2.05) is 23.7 Å². The highest BCUT2D eigenvalue weighted by atomic mass is 35.5. The molecule has 2 amide bonds. The summed E-state index contributed by atoms with van der Waals surface area (Å²) >= 11 is 13.7. The number of halogens is 2. The van der Waals surface area contributed by atoms with Crippen molar-refractivity contribution >= 4 is 62.3 Å². The van der Waals surface area contributed by atoms with E-state index in [1.165, 1.54) is 11.3 Å². The fourth-order valence-electron chi connectivity index (χ4n) is 3.18. The maximum absolute atomic E-state index is 12.8. The molecule has 0 saturated heterocycles. The van der Waals surface area contributed by atoms with Crippen LogP contribution in [0, 0.1) is 6.92 Å². The van der Waals surface area contributed by atoms with Gasteiger partial charge in [0.1, 0.15) is 4.83 Å². The molecule has 31 heavy (non-hydrogen) atoms. The first kappa shape index (κ1) is 21.4. The lowest BCUT2D eigenvalue weighted by atomic mass is 10.2. The van der Waals surface area contributed by atoms with E-state index in [0.717, 1.165) is 21.5 Å². The molecular formula is C22H18Cl2N4O2S. The molecule has 0 aliphatic carbocycles. The van der Waals surface area contributed by atoms with Crippen molar-refractivity contribution in [2.75, 3.05) is 12.4 Å². The Hall–Kier alpha value is -2.87. The molecule has 0 atom stereocenters. The highest BCUT2D eigenvalue weighted by Gasteiger charge is 2.17. The van der Waals surface area contributed by atoms with E-state index in [-0.39, 0.29) is 11.8 Å². The highest BCUT2D eigenvalue weighted by Crippen LogP contribution is 2.30. The highest BCUT2D eigenvalue weighted by molar-refractivity contribution is 7.20. The van der Waals surface area contributed by atoms with Crippen LogP contribution in [0.1, 0.15) is 31.3 Å². The van der Waals surface area contributed by atoms with Crippen LogP contribution in [-0.2, 0) is 6.54 Å². The van der Waals surface area contributed by atoms with Gasteiger partial charge in [0.05, 0.1) is 17.1 Å². The van der Waals surface area contributed by atoms with Crippen LogP contribution in [0.15, 0.2) is 48.5 Å². The van der Waals surface area contributed by atoms with Crippen molar-refractivity contribution in [3.05, 3.63) is 80.3 Å². The topological polar surface area (TPSA) is 76.0 Å². The smallest absolute Gasteiger partial charge is 0.265 e. The number of thiophene rings is 1. The Balaban J connectivity index is 1.57. The Morgan fingerprint density at radius 1 is 1.06 bits per heavy atom. The predicted molar refractivity (Wildman–Crippen MR) is 126 cm³/mol. The summed E-state index contributed by atoms with van der Waals surface area (Å²) in [6, 6.07) is 13.9. The third-order valence-corrected chi connectivity index (χ3v) is 6.53. The lowest BCUT2D eigenvalue weighted by Gasteiger charge is -2.06. The van der Waals surface area contributed by atoms with Gasteiger partial charge in [-0.3, -0.25) is 14.3 Å². The van der Waals surface area contributed by atoms with Gasteiger partial charge in [0, 0.05) is 33.7 Å². The first-order valence-corrected chi connectivity index (χ1v) is 11.0. The van der Waals surface area contributed by atoms with Gasteiger partial charge in [0.2, 0.25) is 0 Å². The number of benzene rings is 2. The van der Waals surface area contributed by atoms with Crippen LogP contribution in [0.25, 0.3) is 10.2 Å². The molecule has 6 nitrogen and oxygen atoms in total. The van der Waals surface area contributed by atoms with Crippen LogP contribution in [0.2, 0.25) is 10.0 Å². The van der Waals surface area contributed by atoms with E-state index in [4.69, 9.17) is 23.2 Å². The van der Waals surface area contributed by atoms with E-state index in [9.17, 15) is 9.59 Å². The molecule has 2 aromatic heterocycles. The van der Waals surface area contributed by atoms with E-state index in [0.29, 0.717) is 32.7 Å². The molecule has 0 spiro atoms. The number of fused-ring (bicyclic) bond motifs is 1. The molecular weight excluding hydrogens is 455 g/mol. The Morgan fingerprint density at radius 2 is 1.81 bits per heavy atom. The van der Waals surface area contributed by atoms with Gasteiger partial charge in [-0.1, -0.05) is 29.3 Å². The average Bonchev–Trinajstić information content (AvgIpc) is 3.31. The zero-order chi connectivity index (χ0) is 22.1. The minimum absolute atomic E-state index is 0.178. The summed E-state index contributed by atoms with van der Waals surface area (Å²) in [4.78, 5) is 25.9. The maximum atomic E-state index is 12.8. The summed E-state index contributed by atoms with van der Waals surface area (Å²) in [6.45, 7) is 2.39. The van der Waals surface area contributed by atoms with E-state index >= 15 is 0 Å². The predicted octanol–water partition coefficient (Wildman–Crippen LogP) is 5.37. The number of nitrogens with one attached hydrogen (secondary N) is 2. The standard InChI is InChI=1S/C22H18Cl2N4O2S/c1-12-17-10-19(21(30)26-16-7-4-13(5-8-16)20(29)25-2)31-22(17)28(27-12)11-14-3-6-15(23)9-18(14)24/h3-10H,11H2,1-2H3,(H,25,29)(H,26,30). The molecule has 2 aromatic carbocycles. The molecule has 0 aliphatic heterocycles. The summed E-state index contributed by atoms with van der Waals surface area (Å²) in [5, 5.41) is 12.1. The molecule has 9 heteroatoms. The number of aryl methyl sites for hydroxylation is 1. The second kappa shape index (κ2) is 8.70. The van der Waals surface area contributed by atoms with Gasteiger partial charge in [-0.2, -0.15) is 5.10 Å². The number of carbonyl (C=O) groups is 2. The van der Waals surface area contributed by atoms with Crippen molar-refractivity contribution in [1.82, 2.24) is 15.1 Å². The molecule has 2 N–H and O–H groups in total. The SMILES string of the molecule is CNC(=O)c1ccc(NC(=O)c2cc3c(C)nn(Cc4ccc(Cl)cc4Cl)c3s2)cc1. The quantitative estimate of drug-likeness (QED) is 0.409. The fraction of sp³-hybridized carbons (Fsp3) is 0.136. The van der Waals surface area contributed by atoms with Crippen molar-refractivity contribution in [3.8, 4) is 0 Å². The zero-order valence-corrected chi connectivity index (χ0v) is 19.0. The van der Waals surface area contributed by atoms with Crippen LogP contribution in [-0.4, -0.2) is 28.6 Å². The summed E-state index contributed by atoms with van der Waals surface area (Å²) < 4.78 is 1.85. The normalized spacial score (nSPS) is 11.0. The first-order valence-electron chi connectivity index (χ1n) is 9.40. The molecule has 0 saturated carbocycles. The molecule has 0 aliphatic rings. The maximum Gasteiger partial charge on any atom is 0.265 e. The van der Waals surface area contributed by atoms with Crippen LogP contribution in [0.4, 0.5) is 5.69 Å². The number of nitrogens with zero attached hydrogens (tertiary/aromatic N) is 2. The fourth-order valence-corrected chi connectivity index (χ4v) is 4.71. The lowest BCUT2D eigenvalue weighted by Crippen LogP contribution is -2.17. The van der Waals surface area contributed by atoms with E-state index in [1.54, 1.807) is 43.4 Å². The van der Waals surface area contributed by atoms with Crippen LogP contribution >= 0.6 is 34.5 Å². The van der Waals surface area contributed by atoms with Gasteiger partial charge < -0.3 is 10.6 Å². The number of hydrogen-bond donors (Lipinski definition) is 2. The summed E-state index contributed by atoms with van der Waals surface area (Å²) in [7, 11) is 1.57. The van der Waals surface area contributed by atoms with Crippen molar-refractivity contribution in [3.63, 3.8) is 0 Å². The monoisotopic (exact) mass is 472 g/mol. The number of carbonyl (C=O) groups excluding carboxylic acids is 2. The molecule has 0 radical (unpaired) electrons. The molecule has 4 aromatic rings. The van der Waals surface area contributed by atoms with Gasteiger partial charge in [-0.15, -0.1) is 11.3 Å². The van der Waals surface area contributed by atoms with Crippen LogP contribution in [0.3, 0.4) is 0 Å². The third kappa shape index (κ3) is 4.44. The van der Waals surface area contributed by atoms with Crippen molar-refractivity contribution < 1.29 is 9.59 Å². The lowest BCUT2D eigenvalue weighted by molar-refractivity contribution is 0.0962. The Morgan fingerprint density at radius 3 is 2.48 bits per heavy atom. The van der Waals surface area contributed by atoms with Crippen molar-refractivity contribution in [2.24, 2.45) is 0 Å². The number of amides is 2. The Kier molecular flexibility index (Phi) is 6.00. The number of aromatic nitrogens is 2. The summed E-state index contributed by atoms with van der Waals surface area (Å²) in [5.74, 6) is -0.396. The molecule has 4 rings (SSSR count). The van der Waals surface area contributed by atoms with Gasteiger partial charge in [0.15, 0.2) is 0 Å².